The molecule has 0 saturated carbocycles. The Labute approximate surface area is 133 Å². The highest BCUT2D eigenvalue weighted by Crippen LogP contribution is 2.15. The lowest BCUT2D eigenvalue weighted by Crippen LogP contribution is -2.19. The summed E-state index contributed by atoms with van der Waals surface area (Å²) in [6.07, 6.45) is 3.36. The van der Waals surface area contributed by atoms with E-state index in [9.17, 15) is 4.79 Å². The Kier molecular flexibility index (Phi) is 4.09. The van der Waals surface area contributed by atoms with Crippen molar-refractivity contribution in [3.05, 3.63) is 59.7 Å². The summed E-state index contributed by atoms with van der Waals surface area (Å²) >= 11 is 0. The summed E-state index contributed by atoms with van der Waals surface area (Å²) in [6.45, 7) is 4.30. The number of para-hydroxylation sites is 1. The molecule has 3 rings (SSSR count). The Bertz CT molecular complexity index is 788. The van der Waals surface area contributed by atoms with Crippen LogP contribution in [0, 0.1) is 13.8 Å². The van der Waals surface area contributed by atoms with Crippen LogP contribution in [-0.4, -0.2) is 21.0 Å². The first-order valence-corrected chi connectivity index (χ1v) is 7.19. The zero-order valence-corrected chi connectivity index (χ0v) is 12.9. The molecule has 2 heterocycles. The van der Waals surface area contributed by atoms with Crippen molar-refractivity contribution >= 4 is 17.4 Å². The summed E-state index contributed by atoms with van der Waals surface area (Å²) in [5, 5.41) is 13.7. The summed E-state index contributed by atoms with van der Waals surface area (Å²) in [6, 6.07) is 8.94. The lowest BCUT2D eigenvalue weighted by Gasteiger charge is -2.05. The van der Waals surface area contributed by atoms with Crippen LogP contribution in [0.3, 0.4) is 0 Å². The molecule has 0 spiro atoms. The molecule has 7 heteroatoms. The molecule has 0 saturated heterocycles. The molecule has 2 aromatic heterocycles. The standard InChI is InChI=1S/C16H17N5O2/c1-11-15(12(2)23-20-11)10-21-9-14(8-17-21)19-16(22)18-13-6-4-3-5-7-13/h3-9H,10H2,1-2H3,(H2,18,19,22). The number of amides is 2. The predicted molar refractivity (Wildman–Crippen MR) is 86.4 cm³/mol. The van der Waals surface area contributed by atoms with Crippen LogP contribution in [0.4, 0.5) is 16.2 Å². The lowest BCUT2D eigenvalue weighted by atomic mass is 10.2. The van der Waals surface area contributed by atoms with Gasteiger partial charge in [-0.2, -0.15) is 5.10 Å². The molecule has 0 fully saturated rings. The van der Waals surface area contributed by atoms with Crippen LogP contribution in [0.2, 0.25) is 0 Å². The number of hydrogen-bond acceptors (Lipinski definition) is 4. The molecule has 23 heavy (non-hydrogen) atoms. The molecule has 0 aliphatic carbocycles. The van der Waals surface area contributed by atoms with E-state index in [1.807, 2.05) is 44.2 Å². The van der Waals surface area contributed by atoms with E-state index >= 15 is 0 Å². The molecular formula is C16H17N5O2. The zero-order valence-electron chi connectivity index (χ0n) is 12.9. The van der Waals surface area contributed by atoms with Crippen molar-refractivity contribution in [3.63, 3.8) is 0 Å². The van der Waals surface area contributed by atoms with Gasteiger partial charge in [0.1, 0.15) is 5.76 Å². The van der Waals surface area contributed by atoms with E-state index in [2.05, 4.69) is 20.9 Å². The minimum atomic E-state index is -0.312. The maximum absolute atomic E-state index is 11.9. The highest BCUT2D eigenvalue weighted by atomic mass is 16.5. The number of rotatable bonds is 4. The normalized spacial score (nSPS) is 10.5. The Morgan fingerprint density at radius 2 is 1.91 bits per heavy atom. The van der Waals surface area contributed by atoms with Crippen LogP contribution in [0.1, 0.15) is 17.0 Å². The third-order valence-corrected chi connectivity index (χ3v) is 3.42. The van der Waals surface area contributed by atoms with Crippen molar-refractivity contribution in [2.24, 2.45) is 0 Å². The number of nitrogens with one attached hydrogen (secondary N) is 2. The first kappa shape index (κ1) is 14.8. The summed E-state index contributed by atoms with van der Waals surface area (Å²) in [7, 11) is 0. The Morgan fingerprint density at radius 1 is 1.17 bits per heavy atom. The number of urea groups is 1. The fourth-order valence-electron chi connectivity index (χ4n) is 2.22. The maximum Gasteiger partial charge on any atom is 0.323 e. The number of nitrogens with zero attached hydrogens (tertiary/aromatic N) is 3. The molecule has 118 valence electrons. The number of anilines is 2. The van der Waals surface area contributed by atoms with Crippen LogP contribution < -0.4 is 10.6 Å². The van der Waals surface area contributed by atoms with E-state index in [-0.39, 0.29) is 6.03 Å². The van der Waals surface area contributed by atoms with Crippen LogP contribution >= 0.6 is 0 Å². The van der Waals surface area contributed by atoms with E-state index in [0.717, 1.165) is 22.7 Å². The lowest BCUT2D eigenvalue weighted by molar-refractivity contribution is 0.262. The number of carbonyl (C=O) groups is 1. The molecule has 0 aliphatic heterocycles. The molecule has 0 bridgehead atoms. The smallest absolute Gasteiger partial charge is 0.323 e. The fourth-order valence-corrected chi connectivity index (χ4v) is 2.22. The van der Waals surface area contributed by atoms with Crippen molar-refractivity contribution in [1.29, 1.82) is 0 Å². The van der Waals surface area contributed by atoms with Gasteiger partial charge in [0.25, 0.3) is 0 Å². The highest BCUT2D eigenvalue weighted by Gasteiger charge is 2.11. The largest absolute Gasteiger partial charge is 0.361 e. The molecule has 0 unspecified atom stereocenters. The van der Waals surface area contributed by atoms with Crippen LogP contribution in [-0.2, 0) is 6.54 Å². The van der Waals surface area contributed by atoms with Crippen LogP contribution in [0.25, 0.3) is 0 Å². The van der Waals surface area contributed by atoms with Gasteiger partial charge in [-0.05, 0) is 26.0 Å². The molecule has 2 amide bonds. The molecule has 0 radical (unpaired) electrons. The molecule has 2 N–H and O–H groups in total. The topological polar surface area (TPSA) is 85.0 Å². The van der Waals surface area contributed by atoms with E-state index in [1.54, 1.807) is 17.1 Å². The predicted octanol–water partition coefficient (Wildman–Crippen LogP) is 3.18. The van der Waals surface area contributed by atoms with Gasteiger partial charge in [-0.25, -0.2) is 4.79 Å². The average molecular weight is 311 g/mol. The van der Waals surface area contributed by atoms with Gasteiger partial charge >= 0.3 is 6.03 Å². The monoisotopic (exact) mass is 311 g/mol. The van der Waals surface area contributed by atoms with Gasteiger partial charge < -0.3 is 15.2 Å². The molecule has 0 aliphatic rings. The molecule has 1 aromatic carbocycles. The van der Waals surface area contributed by atoms with Crippen molar-refractivity contribution in [2.45, 2.75) is 20.4 Å². The minimum absolute atomic E-state index is 0.312. The number of aryl methyl sites for hydroxylation is 2. The fraction of sp³-hybridized carbons (Fsp3) is 0.188. The average Bonchev–Trinajstić information content (AvgIpc) is 3.10. The number of hydrogen-bond donors (Lipinski definition) is 2. The molecule has 3 aromatic rings. The summed E-state index contributed by atoms with van der Waals surface area (Å²) < 4.78 is 6.86. The SMILES string of the molecule is Cc1noc(C)c1Cn1cc(NC(=O)Nc2ccccc2)cn1. The van der Waals surface area contributed by atoms with Crippen molar-refractivity contribution in [1.82, 2.24) is 14.9 Å². The second kappa shape index (κ2) is 6.35. The molecule has 7 nitrogen and oxygen atoms in total. The van der Waals surface area contributed by atoms with E-state index in [0.29, 0.717) is 12.2 Å². The second-order valence-corrected chi connectivity index (χ2v) is 5.17. The van der Waals surface area contributed by atoms with E-state index in [1.165, 1.54) is 0 Å². The van der Waals surface area contributed by atoms with Crippen molar-refractivity contribution in [3.8, 4) is 0 Å². The van der Waals surface area contributed by atoms with E-state index < -0.39 is 0 Å². The summed E-state index contributed by atoms with van der Waals surface area (Å²) in [4.78, 5) is 11.9. The molecular weight excluding hydrogens is 294 g/mol. The van der Waals surface area contributed by atoms with Gasteiger partial charge in [0.05, 0.1) is 24.1 Å². The Morgan fingerprint density at radius 3 is 2.61 bits per heavy atom. The van der Waals surface area contributed by atoms with Gasteiger partial charge in [0, 0.05) is 17.4 Å². The van der Waals surface area contributed by atoms with Crippen molar-refractivity contribution in [2.75, 3.05) is 10.6 Å². The van der Waals surface area contributed by atoms with Gasteiger partial charge in [0.15, 0.2) is 0 Å². The first-order valence-electron chi connectivity index (χ1n) is 7.19. The third kappa shape index (κ3) is 3.57. The highest BCUT2D eigenvalue weighted by molar-refractivity contribution is 5.99. The van der Waals surface area contributed by atoms with Gasteiger partial charge in [-0.3, -0.25) is 4.68 Å². The van der Waals surface area contributed by atoms with Gasteiger partial charge in [-0.1, -0.05) is 23.4 Å². The summed E-state index contributed by atoms with van der Waals surface area (Å²) in [5.74, 6) is 0.773. The second-order valence-electron chi connectivity index (χ2n) is 5.17. The van der Waals surface area contributed by atoms with Gasteiger partial charge in [-0.15, -0.1) is 0 Å². The first-order chi connectivity index (χ1) is 11.1. The third-order valence-electron chi connectivity index (χ3n) is 3.42. The van der Waals surface area contributed by atoms with Crippen LogP contribution in [0.5, 0.6) is 0 Å². The molecule has 0 atom stereocenters. The Hall–Kier alpha value is -3.09. The number of aromatic nitrogens is 3. The zero-order chi connectivity index (χ0) is 16.2. The quantitative estimate of drug-likeness (QED) is 0.775. The summed E-state index contributed by atoms with van der Waals surface area (Å²) in [5.41, 5.74) is 3.18. The van der Waals surface area contributed by atoms with Crippen LogP contribution in [0.15, 0.2) is 47.2 Å². The maximum atomic E-state index is 11.9. The number of benzene rings is 1. The van der Waals surface area contributed by atoms with E-state index in [4.69, 9.17) is 4.52 Å². The minimum Gasteiger partial charge on any atom is -0.361 e. The number of carbonyl (C=O) groups excluding carboxylic acids is 1. The van der Waals surface area contributed by atoms with Crippen molar-refractivity contribution < 1.29 is 9.32 Å². The van der Waals surface area contributed by atoms with Gasteiger partial charge in [0.2, 0.25) is 0 Å². The Balaban J connectivity index is 1.62.